The van der Waals surface area contributed by atoms with E-state index in [9.17, 15) is 4.79 Å². The van der Waals surface area contributed by atoms with E-state index in [4.69, 9.17) is 5.11 Å². The molecule has 0 saturated carbocycles. The van der Waals surface area contributed by atoms with Crippen molar-refractivity contribution < 1.29 is 9.90 Å². The molecule has 0 radical (unpaired) electrons. The first-order valence-electron chi connectivity index (χ1n) is 8.27. The summed E-state index contributed by atoms with van der Waals surface area (Å²) in [5.41, 5.74) is 0. The van der Waals surface area contributed by atoms with Gasteiger partial charge in [-0.15, -0.1) is 0 Å². The Morgan fingerprint density at radius 2 is 1.36 bits per heavy atom. The maximum atomic E-state index is 10.3. The molecule has 0 heterocycles. The summed E-state index contributed by atoms with van der Waals surface area (Å²) in [6.45, 7) is 2.15. The van der Waals surface area contributed by atoms with Gasteiger partial charge in [-0.05, 0) is 44.9 Å². The summed E-state index contributed by atoms with van der Waals surface area (Å²) in [6, 6.07) is 0. The molecule has 0 bridgehead atoms. The summed E-state index contributed by atoms with van der Waals surface area (Å²) in [6.07, 6.45) is 28.5. The molecule has 0 fully saturated rings. The largest absolute Gasteiger partial charge is 0.481 e. The summed E-state index contributed by atoms with van der Waals surface area (Å²) in [5, 5.41) is 8.48. The number of carbonyl (C=O) groups is 1. The molecule has 0 aliphatic rings. The van der Waals surface area contributed by atoms with Gasteiger partial charge in [0.05, 0.1) is 0 Å². The molecule has 0 spiro atoms. The highest BCUT2D eigenvalue weighted by Crippen LogP contribution is 2.00. The standard InChI is InChI=1S/C20H30O2/c1-2-3-4-5-6-7-8-9-10-11-12-13-14-15-16-17-18-19-20(21)22/h3-4,6-7,11-16H,2,5,8-10,17-19H2,1H3,(H,21,22)/b4-3-,7-6-,12-11-,14-13+,16-15+. The van der Waals surface area contributed by atoms with Crippen LogP contribution in [0.4, 0.5) is 0 Å². The molecule has 0 aromatic heterocycles. The third kappa shape index (κ3) is 18.2. The Balaban J connectivity index is 3.46. The van der Waals surface area contributed by atoms with Gasteiger partial charge in [0.1, 0.15) is 0 Å². The minimum atomic E-state index is -0.723. The van der Waals surface area contributed by atoms with Gasteiger partial charge in [0.15, 0.2) is 0 Å². The molecule has 0 unspecified atom stereocenters. The molecule has 0 aliphatic heterocycles. The molecular weight excluding hydrogens is 272 g/mol. The first kappa shape index (κ1) is 20.2. The fourth-order valence-corrected chi connectivity index (χ4v) is 1.76. The van der Waals surface area contributed by atoms with Gasteiger partial charge in [0.2, 0.25) is 0 Å². The lowest BCUT2D eigenvalue weighted by Gasteiger charge is -1.89. The van der Waals surface area contributed by atoms with Crippen molar-refractivity contribution in [3.8, 4) is 0 Å². The van der Waals surface area contributed by atoms with Crippen LogP contribution in [0.1, 0.15) is 58.3 Å². The van der Waals surface area contributed by atoms with Crippen LogP contribution in [0, 0.1) is 0 Å². The van der Waals surface area contributed by atoms with Crippen LogP contribution in [0.15, 0.2) is 60.8 Å². The summed E-state index contributed by atoms with van der Waals surface area (Å²) < 4.78 is 0. The fraction of sp³-hybridized carbons (Fsp3) is 0.450. The van der Waals surface area contributed by atoms with Crippen LogP contribution in [0.3, 0.4) is 0 Å². The zero-order valence-electron chi connectivity index (χ0n) is 13.8. The number of carboxylic acids is 1. The molecule has 122 valence electrons. The lowest BCUT2D eigenvalue weighted by Crippen LogP contribution is -1.92. The summed E-state index contributed by atoms with van der Waals surface area (Å²) >= 11 is 0. The van der Waals surface area contributed by atoms with Gasteiger partial charge in [-0.25, -0.2) is 0 Å². The minimum absolute atomic E-state index is 0.247. The topological polar surface area (TPSA) is 37.3 Å². The van der Waals surface area contributed by atoms with Crippen molar-refractivity contribution in [1.82, 2.24) is 0 Å². The molecule has 0 atom stereocenters. The van der Waals surface area contributed by atoms with E-state index < -0.39 is 5.97 Å². The van der Waals surface area contributed by atoms with Crippen molar-refractivity contribution in [2.75, 3.05) is 0 Å². The van der Waals surface area contributed by atoms with Crippen molar-refractivity contribution in [1.29, 1.82) is 0 Å². The molecule has 2 nitrogen and oxygen atoms in total. The SMILES string of the molecule is CC/C=C\C/C=C\CCC\C=C/C=C/C=C/CCCC(=O)O. The van der Waals surface area contributed by atoms with E-state index in [-0.39, 0.29) is 6.42 Å². The summed E-state index contributed by atoms with van der Waals surface area (Å²) in [4.78, 5) is 10.3. The Bertz CT molecular complexity index is 398. The Kier molecular flexibility index (Phi) is 15.8. The number of hydrogen-bond donors (Lipinski definition) is 1. The molecule has 0 amide bonds. The fourth-order valence-electron chi connectivity index (χ4n) is 1.76. The lowest BCUT2D eigenvalue weighted by molar-refractivity contribution is -0.137. The number of hydrogen-bond acceptors (Lipinski definition) is 1. The summed E-state index contributed by atoms with van der Waals surface area (Å²) in [7, 11) is 0. The second-order valence-corrected chi connectivity index (χ2v) is 5.04. The zero-order valence-corrected chi connectivity index (χ0v) is 13.8. The number of aliphatic carboxylic acids is 1. The van der Waals surface area contributed by atoms with Gasteiger partial charge in [0, 0.05) is 6.42 Å². The van der Waals surface area contributed by atoms with Crippen molar-refractivity contribution in [2.45, 2.75) is 58.3 Å². The normalized spacial score (nSPS) is 12.8. The number of carboxylic acid groups (broad SMARTS) is 1. The van der Waals surface area contributed by atoms with Crippen LogP contribution in [-0.2, 0) is 4.79 Å². The monoisotopic (exact) mass is 302 g/mol. The highest BCUT2D eigenvalue weighted by Gasteiger charge is 1.92. The molecule has 0 aromatic carbocycles. The molecular formula is C20H30O2. The molecule has 1 N–H and O–H groups in total. The molecule has 22 heavy (non-hydrogen) atoms. The Morgan fingerprint density at radius 3 is 2.00 bits per heavy atom. The van der Waals surface area contributed by atoms with Crippen LogP contribution in [0.2, 0.25) is 0 Å². The Labute approximate surface area is 135 Å². The average molecular weight is 302 g/mol. The molecule has 0 rings (SSSR count). The number of allylic oxidation sites excluding steroid dienone is 10. The third-order valence-corrected chi connectivity index (χ3v) is 2.95. The molecule has 2 heteroatoms. The maximum absolute atomic E-state index is 10.3. The molecule has 0 aromatic rings. The van der Waals surface area contributed by atoms with Gasteiger partial charge in [-0.2, -0.15) is 0 Å². The van der Waals surface area contributed by atoms with Crippen LogP contribution >= 0.6 is 0 Å². The second kappa shape index (κ2) is 17.2. The second-order valence-electron chi connectivity index (χ2n) is 5.04. The minimum Gasteiger partial charge on any atom is -0.481 e. The predicted octanol–water partition coefficient (Wildman–Crippen LogP) is 5.99. The zero-order chi connectivity index (χ0) is 16.3. The van der Waals surface area contributed by atoms with E-state index in [1.165, 1.54) is 6.42 Å². The van der Waals surface area contributed by atoms with E-state index in [0.717, 1.165) is 32.1 Å². The van der Waals surface area contributed by atoms with E-state index >= 15 is 0 Å². The number of rotatable bonds is 13. The van der Waals surface area contributed by atoms with Gasteiger partial charge >= 0.3 is 5.97 Å². The highest BCUT2D eigenvalue weighted by molar-refractivity contribution is 5.66. The van der Waals surface area contributed by atoms with E-state index in [1.807, 2.05) is 24.3 Å². The quantitative estimate of drug-likeness (QED) is 0.258. The number of unbranched alkanes of at least 4 members (excludes halogenated alkanes) is 3. The van der Waals surface area contributed by atoms with Crippen molar-refractivity contribution >= 4 is 5.97 Å². The maximum Gasteiger partial charge on any atom is 0.303 e. The Hall–Kier alpha value is -1.83. The lowest BCUT2D eigenvalue weighted by atomic mass is 10.2. The first-order chi connectivity index (χ1) is 10.8. The predicted molar refractivity (Wildman–Crippen MR) is 95.9 cm³/mol. The van der Waals surface area contributed by atoms with Gasteiger partial charge in [-0.1, -0.05) is 67.7 Å². The summed E-state index contributed by atoms with van der Waals surface area (Å²) in [5.74, 6) is -0.723. The van der Waals surface area contributed by atoms with Crippen LogP contribution in [-0.4, -0.2) is 11.1 Å². The Morgan fingerprint density at radius 1 is 0.773 bits per heavy atom. The van der Waals surface area contributed by atoms with Crippen LogP contribution < -0.4 is 0 Å². The van der Waals surface area contributed by atoms with Crippen molar-refractivity contribution in [3.63, 3.8) is 0 Å². The smallest absolute Gasteiger partial charge is 0.303 e. The molecule has 0 aliphatic carbocycles. The van der Waals surface area contributed by atoms with Gasteiger partial charge in [0.25, 0.3) is 0 Å². The van der Waals surface area contributed by atoms with Gasteiger partial charge < -0.3 is 5.11 Å². The van der Waals surface area contributed by atoms with E-state index in [0.29, 0.717) is 6.42 Å². The van der Waals surface area contributed by atoms with Crippen LogP contribution in [0.5, 0.6) is 0 Å². The van der Waals surface area contributed by atoms with E-state index in [2.05, 4.69) is 43.4 Å². The molecule has 0 saturated heterocycles. The third-order valence-electron chi connectivity index (χ3n) is 2.95. The van der Waals surface area contributed by atoms with Crippen molar-refractivity contribution in [2.24, 2.45) is 0 Å². The van der Waals surface area contributed by atoms with Crippen molar-refractivity contribution in [3.05, 3.63) is 60.8 Å². The van der Waals surface area contributed by atoms with Gasteiger partial charge in [-0.3, -0.25) is 4.79 Å². The highest BCUT2D eigenvalue weighted by atomic mass is 16.4. The first-order valence-corrected chi connectivity index (χ1v) is 8.27. The van der Waals surface area contributed by atoms with E-state index in [1.54, 1.807) is 0 Å². The average Bonchev–Trinajstić information content (AvgIpc) is 2.50. The van der Waals surface area contributed by atoms with Crippen LogP contribution in [0.25, 0.3) is 0 Å².